The summed E-state index contributed by atoms with van der Waals surface area (Å²) < 4.78 is 11.2. The minimum atomic E-state index is -1.05. The van der Waals surface area contributed by atoms with E-state index in [1.807, 2.05) is 25.1 Å². The van der Waals surface area contributed by atoms with Crippen molar-refractivity contribution in [2.45, 2.75) is 50.3 Å². The quantitative estimate of drug-likeness (QED) is 0.759. The molecule has 1 aromatic rings. The summed E-state index contributed by atoms with van der Waals surface area (Å²) in [6, 6.07) is 4.54. The Kier molecular flexibility index (Phi) is 4.46. The van der Waals surface area contributed by atoms with Gasteiger partial charge in [-0.05, 0) is 44.4 Å². The van der Waals surface area contributed by atoms with Crippen molar-refractivity contribution in [1.82, 2.24) is 5.32 Å². The molecule has 3 rings (SSSR count). The molecule has 1 aromatic carbocycles. The highest BCUT2D eigenvalue weighted by atomic mass is 16.5. The molecule has 1 saturated carbocycles. The molecule has 0 spiro atoms. The number of carbonyl (C=O) groups is 1. The second kappa shape index (κ2) is 6.37. The predicted molar refractivity (Wildman–Crippen MR) is 85.4 cm³/mol. The molecule has 2 aliphatic rings. The van der Waals surface area contributed by atoms with Gasteiger partial charge in [0, 0.05) is 12.0 Å². The maximum Gasteiger partial charge on any atom is 0.240 e. The Morgan fingerprint density at radius 3 is 3.00 bits per heavy atom. The van der Waals surface area contributed by atoms with Crippen molar-refractivity contribution in [1.29, 1.82) is 0 Å². The summed E-state index contributed by atoms with van der Waals surface area (Å²) in [5.41, 5.74) is 5.80. The average Bonchev–Trinajstić information content (AvgIpc) is 2.52. The molecule has 1 heterocycles. The molecule has 1 aliphatic heterocycles. The van der Waals surface area contributed by atoms with Gasteiger partial charge >= 0.3 is 0 Å². The largest absolute Gasteiger partial charge is 0.494 e. The summed E-state index contributed by atoms with van der Waals surface area (Å²) in [6.45, 7) is 3.04. The van der Waals surface area contributed by atoms with Crippen LogP contribution in [-0.4, -0.2) is 35.9 Å². The fourth-order valence-corrected chi connectivity index (χ4v) is 3.13. The van der Waals surface area contributed by atoms with E-state index in [1.165, 1.54) is 0 Å². The fourth-order valence-electron chi connectivity index (χ4n) is 3.13. The van der Waals surface area contributed by atoms with E-state index >= 15 is 0 Å². The normalized spacial score (nSPS) is 23.0. The van der Waals surface area contributed by atoms with E-state index in [9.17, 15) is 9.90 Å². The second-order valence-corrected chi connectivity index (χ2v) is 6.27. The van der Waals surface area contributed by atoms with Gasteiger partial charge in [-0.1, -0.05) is 0 Å². The molecule has 2 atom stereocenters. The number of hydrogen-bond acceptors (Lipinski definition) is 5. The van der Waals surface area contributed by atoms with E-state index < -0.39 is 11.6 Å². The van der Waals surface area contributed by atoms with Crippen molar-refractivity contribution in [2.75, 3.05) is 13.2 Å². The minimum Gasteiger partial charge on any atom is -0.494 e. The van der Waals surface area contributed by atoms with Gasteiger partial charge < -0.3 is 25.6 Å². The number of aliphatic hydroxyl groups is 1. The van der Waals surface area contributed by atoms with E-state index in [2.05, 4.69) is 5.32 Å². The van der Waals surface area contributed by atoms with Gasteiger partial charge in [0.1, 0.15) is 17.5 Å². The Morgan fingerprint density at radius 2 is 2.35 bits per heavy atom. The van der Waals surface area contributed by atoms with E-state index in [0.717, 1.165) is 23.5 Å². The lowest BCUT2D eigenvalue weighted by Gasteiger charge is -2.41. The first-order chi connectivity index (χ1) is 11.0. The van der Waals surface area contributed by atoms with Crippen molar-refractivity contribution >= 4 is 5.91 Å². The van der Waals surface area contributed by atoms with Crippen LogP contribution in [-0.2, 0) is 4.79 Å². The summed E-state index contributed by atoms with van der Waals surface area (Å²) in [4.78, 5) is 12.4. The highest BCUT2D eigenvalue weighted by molar-refractivity contribution is 5.83. The maximum absolute atomic E-state index is 12.4. The number of rotatable bonds is 5. The molecule has 4 N–H and O–H groups in total. The third kappa shape index (κ3) is 3.14. The fraction of sp³-hybridized carbons (Fsp3) is 0.588. The third-order valence-corrected chi connectivity index (χ3v) is 4.73. The summed E-state index contributed by atoms with van der Waals surface area (Å²) >= 11 is 0. The molecule has 6 heteroatoms. The lowest BCUT2D eigenvalue weighted by Crippen LogP contribution is -2.60. The van der Waals surface area contributed by atoms with Crippen LogP contribution in [0.3, 0.4) is 0 Å². The summed E-state index contributed by atoms with van der Waals surface area (Å²) in [7, 11) is 0. The van der Waals surface area contributed by atoms with E-state index in [1.54, 1.807) is 0 Å². The highest BCUT2D eigenvalue weighted by Crippen LogP contribution is 2.36. The predicted octanol–water partition coefficient (Wildman–Crippen LogP) is 1.27. The van der Waals surface area contributed by atoms with Crippen LogP contribution in [0.15, 0.2) is 18.2 Å². The van der Waals surface area contributed by atoms with Crippen LogP contribution in [0.25, 0.3) is 0 Å². The standard InChI is InChI=1S/C17H24N2O4/c1-2-22-11-4-5-14-12(10-11)13(6-9-23-14)19-16(20)15(18)17(21)7-3-8-17/h4-5,10,13,15,21H,2-3,6-9,18H2,1H3,(H,19,20). The van der Waals surface area contributed by atoms with Gasteiger partial charge in [0.15, 0.2) is 0 Å². The average molecular weight is 320 g/mol. The Labute approximate surface area is 136 Å². The number of ether oxygens (including phenoxy) is 2. The molecule has 6 nitrogen and oxygen atoms in total. The number of carbonyl (C=O) groups excluding carboxylic acids is 1. The number of nitrogens with one attached hydrogen (secondary N) is 1. The zero-order chi connectivity index (χ0) is 16.4. The molecular weight excluding hydrogens is 296 g/mol. The van der Waals surface area contributed by atoms with Crippen molar-refractivity contribution in [3.63, 3.8) is 0 Å². The van der Waals surface area contributed by atoms with E-state index in [-0.39, 0.29) is 11.9 Å². The topological polar surface area (TPSA) is 93.8 Å². The van der Waals surface area contributed by atoms with E-state index in [4.69, 9.17) is 15.2 Å². The minimum absolute atomic E-state index is 0.179. The van der Waals surface area contributed by atoms with Gasteiger partial charge in [-0.15, -0.1) is 0 Å². The van der Waals surface area contributed by atoms with Crippen LogP contribution >= 0.6 is 0 Å². The van der Waals surface area contributed by atoms with Gasteiger partial charge in [-0.25, -0.2) is 0 Å². The first-order valence-corrected chi connectivity index (χ1v) is 8.21. The number of nitrogens with two attached hydrogens (primary N) is 1. The van der Waals surface area contributed by atoms with Gasteiger partial charge in [0.25, 0.3) is 0 Å². The molecule has 23 heavy (non-hydrogen) atoms. The number of hydrogen-bond donors (Lipinski definition) is 3. The Morgan fingerprint density at radius 1 is 1.57 bits per heavy atom. The molecule has 0 radical (unpaired) electrons. The van der Waals surface area contributed by atoms with Gasteiger partial charge in [-0.2, -0.15) is 0 Å². The molecule has 1 fully saturated rings. The van der Waals surface area contributed by atoms with Crippen LogP contribution in [0, 0.1) is 0 Å². The van der Waals surface area contributed by atoms with Crippen LogP contribution in [0.2, 0.25) is 0 Å². The van der Waals surface area contributed by atoms with Crippen molar-refractivity contribution in [3.8, 4) is 11.5 Å². The molecular formula is C17H24N2O4. The monoisotopic (exact) mass is 320 g/mol. The molecule has 1 amide bonds. The molecule has 0 saturated heterocycles. The Balaban J connectivity index is 1.74. The molecule has 0 aromatic heterocycles. The third-order valence-electron chi connectivity index (χ3n) is 4.73. The molecule has 2 unspecified atom stereocenters. The second-order valence-electron chi connectivity index (χ2n) is 6.27. The van der Waals surface area contributed by atoms with Gasteiger partial charge in [-0.3, -0.25) is 4.79 Å². The Hall–Kier alpha value is -1.79. The summed E-state index contributed by atoms with van der Waals surface area (Å²) in [6.07, 6.45) is 2.75. The van der Waals surface area contributed by atoms with Crippen LogP contribution in [0.1, 0.15) is 44.2 Å². The lowest BCUT2D eigenvalue weighted by atomic mass is 9.74. The van der Waals surface area contributed by atoms with Crippen molar-refractivity contribution in [2.24, 2.45) is 5.73 Å². The van der Waals surface area contributed by atoms with Crippen LogP contribution in [0.4, 0.5) is 0 Å². The number of fused-ring (bicyclic) bond motifs is 1. The Bertz CT molecular complexity index is 586. The number of amides is 1. The van der Waals surface area contributed by atoms with Gasteiger partial charge in [0.05, 0.1) is 24.9 Å². The molecule has 1 aliphatic carbocycles. The van der Waals surface area contributed by atoms with Gasteiger partial charge in [0.2, 0.25) is 5.91 Å². The smallest absolute Gasteiger partial charge is 0.240 e. The number of benzene rings is 1. The van der Waals surface area contributed by atoms with Crippen LogP contribution < -0.4 is 20.5 Å². The lowest BCUT2D eigenvalue weighted by molar-refractivity contribution is -0.134. The molecule has 0 bridgehead atoms. The van der Waals surface area contributed by atoms with Crippen molar-refractivity contribution < 1.29 is 19.4 Å². The first-order valence-electron chi connectivity index (χ1n) is 8.21. The summed E-state index contributed by atoms with van der Waals surface area (Å²) in [5, 5.41) is 13.2. The zero-order valence-corrected chi connectivity index (χ0v) is 13.4. The SMILES string of the molecule is CCOc1ccc2c(c1)C(NC(=O)C(N)C1(O)CCC1)CCO2. The van der Waals surface area contributed by atoms with E-state index in [0.29, 0.717) is 32.5 Å². The molecule has 126 valence electrons. The summed E-state index contributed by atoms with van der Waals surface area (Å²) in [5.74, 6) is 1.19. The first kappa shape index (κ1) is 16.1. The zero-order valence-electron chi connectivity index (χ0n) is 13.4. The van der Waals surface area contributed by atoms with Crippen LogP contribution in [0.5, 0.6) is 11.5 Å². The maximum atomic E-state index is 12.4. The highest BCUT2D eigenvalue weighted by Gasteiger charge is 2.44. The van der Waals surface area contributed by atoms with Crippen molar-refractivity contribution in [3.05, 3.63) is 23.8 Å².